The van der Waals surface area contributed by atoms with E-state index >= 15 is 0 Å². The fraction of sp³-hybridized carbons (Fsp3) is 0.316. The Hall–Kier alpha value is -3.10. The number of halogens is 3. The summed E-state index contributed by atoms with van der Waals surface area (Å²) in [6.07, 6.45) is -4.12. The van der Waals surface area contributed by atoms with Crippen LogP contribution >= 0.6 is 0 Å². The van der Waals surface area contributed by atoms with Crippen LogP contribution in [-0.4, -0.2) is 22.7 Å². The van der Waals surface area contributed by atoms with E-state index in [9.17, 15) is 28.1 Å². The maximum atomic E-state index is 12.3. The van der Waals surface area contributed by atoms with Gasteiger partial charge in [0.15, 0.2) is 5.43 Å². The van der Waals surface area contributed by atoms with Crippen LogP contribution in [-0.2, 0) is 0 Å². The standard InChI is InChI=1S/C19H17F3N2O4/c20-19(21,22)6-2-1-3-7-28-14-10-17-15(18(25)11-14)8-12-4-5-13(24(26)27)9-16(12)23-17/h4-5,8-11,23H,1-3,6-7H2. The largest absolute Gasteiger partial charge is 0.493 e. The average molecular weight is 394 g/mol. The number of aromatic nitrogens is 1. The van der Waals surface area contributed by atoms with Crippen LogP contribution in [0, 0.1) is 10.1 Å². The molecule has 0 amide bonds. The molecule has 1 aromatic rings. The van der Waals surface area contributed by atoms with E-state index in [4.69, 9.17) is 4.74 Å². The molecule has 0 atom stereocenters. The number of ether oxygens (including phenoxy) is 1. The minimum Gasteiger partial charge on any atom is -0.493 e. The fourth-order valence-corrected chi connectivity index (χ4v) is 2.92. The van der Waals surface area contributed by atoms with Crippen LogP contribution in [0.3, 0.4) is 0 Å². The molecule has 0 radical (unpaired) electrons. The quantitative estimate of drug-likeness (QED) is 0.263. The summed E-state index contributed by atoms with van der Waals surface area (Å²) in [7, 11) is 0. The van der Waals surface area contributed by atoms with Crippen molar-refractivity contribution in [2.45, 2.75) is 31.9 Å². The Morgan fingerprint density at radius 3 is 2.57 bits per heavy atom. The summed E-state index contributed by atoms with van der Waals surface area (Å²) in [6, 6.07) is 8.88. The van der Waals surface area contributed by atoms with Crippen LogP contribution in [0.4, 0.5) is 18.9 Å². The summed E-state index contributed by atoms with van der Waals surface area (Å²) in [4.78, 5) is 25.8. The molecule has 0 saturated heterocycles. The van der Waals surface area contributed by atoms with E-state index in [2.05, 4.69) is 4.98 Å². The molecule has 9 heteroatoms. The molecule has 1 heterocycles. The van der Waals surface area contributed by atoms with E-state index in [0.29, 0.717) is 40.8 Å². The molecule has 148 valence electrons. The Bertz CT molecular complexity index is 1030. The summed E-state index contributed by atoms with van der Waals surface area (Å²) in [5, 5.41) is 11.6. The van der Waals surface area contributed by atoms with Crippen molar-refractivity contribution < 1.29 is 22.8 Å². The van der Waals surface area contributed by atoms with Gasteiger partial charge in [0, 0.05) is 36.2 Å². The van der Waals surface area contributed by atoms with Gasteiger partial charge in [-0.15, -0.1) is 0 Å². The van der Waals surface area contributed by atoms with Crippen LogP contribution in [0.25, 0.3) is 22.2 Å². The van der Waals surface area contributed by atoms with Gasteiger partial charge < -0.3 is 9.72 Å². The molecule has 6 nitrogen and oxygen atoms in total. The molecule has 0 bridgehead atoms. The second-order valence-corrected chi connectivity index (χ2v) is 6.45. The third kappa shape index (κ3) is 4.79. The molecule has 0 fully saturated rings. The normalized spacial score (nSPS) is 11.8. The van der Waals surface area contributed by atoms with Gasteiger partial charge in [0.1, 0.15) is 5.75 Å². The van der Waals surface area contributed by atoms with Crippen molar-refractivity contribution in [2.24, 2.45) is 0 Å². The van der Waals surface area contributed by atoms with Crippen molar-refractivity contribution in [1.29, 1.82) is 0 Å². The number of nitro benzene ring substituents is 1. The number of aromatic amines is 1. The summed E-state index contributed by atoms with van der Waals surface area (Å²) in [5.41, 5.74) is 1.04. The second kappa shape index (κ2) is 7.87. The maximum absolute atomic E-state index is 12.3. The lowest BCUT2D eigenvalue weighted by molar-refractivity contribution is -0.384. The highest BCUT2D eigenvalue weighted by atomic mass is 19.4. The summed E-state index contributed by atoms with van der Waals surface area (Å²) in [6.45, 7) is 0.196. The molecule has 28 heavy (non-hydrogen) atoms. The van der Waals surface area contributed by atoms with Gasteiger partial charge in [0.05, 0.1) is 22.7 Å². The zero-order chi connectivity index (χ0) is 20.3. The second-order valence-electron chi connectivity index (χ2n) is 6.45. The van der Waals surface area contributed by atoms with Gasteiger partial charge in [0.25, 0.3) is 5.69 Å². The average Bonchev–Trinajstić information content (AvgIpc) is 2.62. The van der Waals surface area contributed by atoms with E-state index in [1.165, 1.54) is 18.2 Å². The number of benzene rings is 2. The predicted molar refractivity (Wildman–Crippen MR) is 97.9 cm³/mol. The number of hydrogen-bond donors (Lipinski definition) is 1. The highest BCUT2D eigenvalue weighted by molar-refractivity contribution is 5.87. The maximum Gasteiger partial charge on any atom is 0.389 e. The van der Waals surface area contributed by atoms with Crippen molar-refractivity contribution in [3.05, 3.63) is 56.7 Å². The zero-order valence-corrected chi connectivity index (χ0v) is 14.7. The van der Waals surface area contributed by atoms with Gasteiger partial charge in [-0.05, 0) is 36.8 Å². The molecule has 2 aliphatic rings. The lowest BCUT2D eigenvalue weighted by Gasteiger charge is -2.11. The number of nitrogens with one attached hydrogen (secondary N) is 1. The van der Waals surface area contributed by atoms with E-state index in [-0.39, 0.29) is 24.1 Å². The third-order valence-corrected chi connectivity index (χ3v) is 4.31. The number of alkyl halides is 3. The Labute approximate surface area is 157 Å². The number of pyridine rings is 1. The van der Waals surface area contributed by atoms with Crippen molar-refractivity contribution >= 4 is 16.6 Å². The number of nitrogens with zero attached hydrogens (tertiary/aromatic N) is 1. The molecule has 1 N–H and O–H groups in total. The fourth-order valence-electron chi connectivity index (χ4n) is 2.92. The van der Waals surface area contributed by atoms with Crippen LogP contribution in [0.1, 0.15) is 25.7 Å². The van der Waals surface area contributed by atoms with Crippen LogP contribution in [0.15, 0.2) is 41.2 Å². The number of H-pyrrole nitrogens is 1. The highest BCUT2D eigenvalue weighted by Crippen LogP contribution is 2.28. The minimum atomic E-state index is -4.15. The number of nitro groups is 1. The molecule has 1 aliphatic carbocycles. The first-order chi connectivity index (χ1) is 13.2. The molecule has 0 spiro atoms. The highest BCUT2D eigenvalue weighted by Gasteiger charge is 2.25. The lowest BCUT2D eigenvalue weighted by atomic mass is 10.0. The Morgan fingerprint density at radius 2 is 1.86 bits per heavy atom. The molecular weight excluding hydrogens is 377 g/mol. The van der Waals surface area contributed by atoms with Gasteiger partial charge in [0.2, 0.25) is 0 Å². The van der Waals surface area contributed by atoms with Crippen LogP contribution in [0.5, 0.6) is 5.75 Å². The predicted octanol–water partition coefficient (Wildman–Crippen LogP) is 5.04. The van der Waals surface area contributed by atoms with Crippen molar-refractivity contribution in [3.8, 4) is 17.0 Å². The van der Waals surface area contributed by atoms with Crippen molar-refractivity contribution in [2.75, 3.05) is 6.61 Å². The number of fused-ring (bicyclic) bond motifs is 2. The number of rotatable bonds is 7. The smallest absolute Gasteiger partial charge is 0.389 e. The first-order valence-corrected chi connectivity index (χ1v) is 8.68. The first kappa shape index (κ1) is 19.7. The van der Waals surface area contributed by atoms with Crippen LogP contribution < -0.4 is 10.2 Å². The van der Waals surface area contributed by atoms with Gasteiger partial charge in [-0.2, -0.15) is 13.2 Å². The number of non-ortho nitro benzene ring substituents is 1. The zero-order valence-electron chi connectivity index (χ0n) is 14.7. The Balaban J connectivity index is 1.74. The van der Waals surface area contributed by atoms with Gasteiger partial charge in [-0.25, -0.2) is 0 Å². The Kier molecular flexibility index (Phi) is 5.53. The van der Waals surface area contributed by atoms with Crippen LogP contribution in [0.2, 0.25) is 0 Å². The van der Waals surface area contributed by atoms with Crippen molar-refractivity contribution in [1.82, 2.24) is 4.98 Å². The number of unbranched alkanes of at least 4 members (excludes halogenated alkanes) is 2. The van der Waals surface area contributed by atoms with E-state index in [1.54, 1.807) is 18.2 Å². The van der Waals surface area contributed by atoms with E-state index in [0.717, 1.165) is 0 Å². The molecule has 1 aliphatic heterocycles. The molecule has 0 saturated carbocycles. The molecule has 1 aromatic carbocycles. The number of hydrogen-bond acceptors (Lipinski definition) is 4. The summed E-state index contributed by atoms with van der Waals surface area (Å²) < 4.78 is 41.8. The molecule has 0 unspecified atom stereocenters. The first-order valence-electron chi connectivity index (χ1n) is 8.68. The third-order valence-electron chi connectivity index (χ3n) is 4.31. The minimum absolute atomic E-state index is 0.0376. The van der Waals surface area contributed by atoms with E-state index < -0.39 is 17.5 Å². The van der Waals surface area contributed by atoms with E-state index in [1.807, 2.05) is 0 Å². The summed E-state index contributed by atoms with van der Waals surface area (Å²) in [5.74, 6) is 0.300. The monoisotopic (exact) mass is 394 g/mol. The Morgan fingerprint density at radius 1 is 1.07 bits per heavy atom. The van der Waals surface area contributed by atoms with Crippen molar-refractivity contribution in [3.63, 3.8) is 0 Å². The summed E-state index contributed by atoms with van der Waals surface area (Å²) >= 11 is 0. The van der Waals surface area contributed by atoms with Gasteiger partial charge in [-0.3, -0.25) is 14.9 Å². The van der Waals surface area contributed by atoms with Gasteiger partial charge >= 0.3 is 6.18 Å². The lowest BCUT2D eigenvalue weighted by Crippen LogP contribution is -2.09. The molecule has 3 rings (SSSR count). The topological polar surface area (TPSA) is 85.2 Å². The SMILES string of the molecule is O=c1cc(OCCCCCC(F)(F)F)cc2[nH]c3cc([N+](=O)[O-])ccc3cc1-2. The van der Waals surface area contributed by atoms with Gasteiger partial charge in [-0.1, -0.05) is 0 Å². The molecular formula is C19H17F3N2O4. The molecule has 0 aromatic heterocycles.